The van der Waals surface area contributed by atoms with Gasteiger partial charge in [0.15, 0.2) is 5.65 Å². The molecule has 0 spiro atoms. The first-order chi connectivity index (χ1) is 20.4. The lowest BCUT2D eigenvalue weighted by Gasteiger charge is -2.34. The van der Waals surface area contributed by atoms with Crippen molar-refractivity contribution in [3.8, 4) is 17.0 Å². The van der Waals surface area contributed by atoms with Crippen LogP contribution in [0.4, 0.5) is 27.4 Å². The molecule has 3 aromatic carbocycles. The van der Waals surface area contributed by atoms with E-state index in [1.54, 1.807) is 30.0 Å². The fourth-order valence-corrected chi connectivity index (χ4v) is 4.88. The molecule has 5 aromatic rings. The van der Waals surface area contributed by atoms with E-state index < -0.39 is 0 Å². The van der Waals surface area contributed by atoms with Crippen LogP contribution in [0.5, 0.6) is 5.75 Å². The summed E-state index contributed by atoms with van der Waals surface area (Å²) in [5.41, 5.74) is 5.46. The third kappa shape index (κ3) is 6.16. The molecule has 3 heterocycles. The molecule has 1 saturated heterocycles. The number of methoxy groups -OCH3 is 1. The Bertz CT molecular complexity index is 1700. The minimum atomic E-state index is -0.327. The molecule has 42 heavy (non-hydrogen) atoms. The van der Waals surface area contributed by atoms with E-state index in [0.29, 0.717) is 28.7 Å². The van der Waals surface area contributed by atoms with Gasteiger partial charge in [-0.3, -0.25) is 9.78 Å². The summed E-state index contributed by atoms with van der Waals surface area (Å²) in [6.07, 6.45) is 3.64. The highest BCUT2D eigenvalue weighted by Crippen LogP contribution is 2.32. The number of likely N-dealkylation sites (N-methyl/N-ethyl adjacent to an activating group) is 1. The summed E-state index contributed by atoms with van der Waals surface area (Å²) in [5.74, 6) is 0.640. The number of fused-ring (bicyclic) bond motifs is 1. The Morgan fingerprint density at radius 3 is 2.50 bits per heavy atom. The van der Waals surface area contributed by atoms with Crippen molar-refractivity contribution >= 4 is 34.6 Å². The van der Waals surface area contributed by atoms with E-state index in [4.69, 9.17) is 4.74 Å². The Morgan fingerprint density at radius 2 is 1.76 bits per heavy atom. The van der Waals surface area contributed by atoms with Gasteiger partial charge in [0, 0.05) is 49.2 Å². The molecule has 11 heteroatoms. The van der Waals surface area contributed by atoms with Gasteiger partial charge in [0.25, 0.3) is 0 Å². The normalized spacial score (nSPS) is 13.7. The van der Waals surface area contributed by atoms with Crippen molar-refractivity contribution in [3.05, 3.63) is 90.5 Å². The number of hydrogen-bond donors (Lipinski definition) is 2. The second kappa shape index (κ2) is 11.8. The van der Waals surface area contributed by atoms with Gasteiger partial charge in [-0.2, -0.15) is 4.98 Å². The van der Waals surface area contributed by atoms with E-state index in [1.807, 2.05) is 42.6 Å². The molecule has 1 aliphatic rings. The third-order valence-corrected chi connectivity index (χ3v) is 7.26. The minimum Gasteiger partial charge on any atom is -0.494 e. The summed E-state index contributed by atoms with van der Waals surface area (Å²) in [5, 5.41) is 10.7. The number of aromatic nitrogens is 4. The molecule has 2 N–H and O–H groups in total. The van der Waals surface area contributed by atoms with Crippen LogP contribution in [-0.4, -0.2) is 70.7 Å². The van der Waals surface area contributed by atoms with Crippen molar-refractivity contribution in [2.75, 3.05) is 55.9 Å². The molecule has 1 amide bonds. The molecule has 6 rings (SSSR count). The van der Waals surface area contributed by atoms with Gasteiger partial charge in [-0.25, -0.2) is 8.91 Å². The van der Waals surface area contributed by atoms with E-state index in [9.17, 15) is 9.18 Å². The fourth-order valence-electron chi connectivity index (χ4n) is 4.88. The SMILES string of the molecule is COc1cc(N2CCN(C)CC2)ccc1Nc1nc2cnc(-c3ccc(NC(=O)Cc4ccc(F)cc4)cc3)cn2n1. The molecule has 0 bridgehead atoms. The number of hydrogen-bond acceptors (Lipinski definition) is 8. The van der Waals surface area contributed by atoms with Crippen molar-refractivity contribution in [1.82, 2.24) is 24.5 Å². The lowest BCUT2D eigenvalue weighted by molar-refractivity contribution is -0.115. The predicted molar refractivity (Wildman–Crippen MR) is 161 cm³/mol. The molecule has 10 nitrogen and oxygen atoms in total. The summed E-state index contributed by atoms with van der Waals surface area (Å²) < 4.78 is 20.5. The molecule has 214 valence electrons. The highest BCUT2D eigenvalue weighted by molar-refractivity contribution is 5.92. The number of anilines is 4. The van der Waals surface area contributed by atoms with Crippen LogP contribution in [0.2, 0.25) is 0 Å². The maximum absolute atomic E-state index is 13.1. The van der Waals surface area contributed by atoms with Crippen molar-refractivity contribution in [3.63, 3.8) is 0 Å². The maximum atomic E-state index is 13.1. The Hall–Kier alpha value is -5.03. The summed E-state index contributed by atoms with van der Waals surface area (Å²) in [4.78, 5) is 26.2. The number of nitrogens with one attached hydrogen (secondary N) is 2. The number of halogens is 1. The number of rotatable bonds is 8. The number of nitrogens with zero attached hydrogens (tertiary/aromatic N) is 6. The number of ether oxygens (including phenoxy) is 1. The molecule has 1 fully saturated rings. The first-order valence-electron chi connectivity index (χ1n) is 13.7. The van der Waals surface area contributed by atoms with Crippen molar-refractivity contribution < 1.29 is 13.9 Å². The number of benzene rings is 3. The van der Waals surface area contributed by atoms with Crippen LogP contribution in [0, 0.1) is 5.82 Å². The first-order valence-corrected chi connectivity index (χ1v) is 13.7. The Morgan fingerprint density at radius 1 is 1.00 bits per heavy atom. The molecule has 2 aromatic heterocycles. The van der Waals surface area contributed by atoms with Crippen molar-refractivity contribution in [2.24, 2.45) is 0 Å². The van der Waals surface area contributed by atoms with Crippen molar-refractivity contribution in [2.45, 2.75) is 6.42 Å². The van der Waals surface area contributed by atoms with E-state index in [2.05, 4.69) is 48.6 Å². The first kappa shape index (κ1) is 27.2. The third-order valence-electron chi connectivity index (χ3n) is 7.26. The smallest absolute Gasteiger partial charge is 0.247 e. The van der Waals surface area contributed by atoms with Gasteiger partial charge in [0.05, 0.1) is 37.3 Å². The largest absolute Gasteiger partial charge is 0.494 e. The van der Waals surface area contributed by atoms with Crippen LogP contribution in [0.15, 0.2) is 79.1 Å². The highest BCUT2D eigenvalue weighted by atomic mass is 19.1. The molecule has 1 aliphatic heterocycles. The second-order valence-electron chi connectivity index (χ2n) is 10.2. The average Bonchev–Trinajstić information content (AvgIpc) is 3.41. The van der Waals surface area contributed by atoms with E-state index in [-0.39, 0.29) is 18.1 Å². The van der Waals surface area contributed by atoms with Crippen LogP contribution in [-0.2, 0) is 11.2 Å². The summed E-state index contributed by atoms with van der Waals surface area (Å²) >= 11 is 0. The maximum Gasteiger partial charge on any atom is 0.247 e. The van der Waals surface area contributed by atoms with E-state index >= 15 is 0 Å². The monoisotopic (exact) mass is 566 g/mol. The van der Waals surface area contributed by atoms with Crippen LogP contribution in [0.25, 0.3) is 16.9 Å². The minimum absolute atomic E-state index is 0.162. The number of carbonyl (C=O) groups excluding carboxylic acids is 1. The van der Waals surface area contributed by atoms with E-state index in [1.165, 1.54) is 12.1 Å². The molecule has 0 unspecified atom stereocenters. The van der Waals surface area contributed by atoms with Gasteiger partial charge in [-0.15, -0.1) is 5.10 Å². The number of carbonyl (C=O) groups is 1. The fraction of sp³-hybridized carbons (Fsp3) is 0.226. The summed E-state index contributed by atoms with van der Waals surface area (Å²) in [6, 6.07) is 19.4. The number of amides is 1. The van der Waals surface area contributed by atoms with Gasteiger partial charge in [0.1, 0.15) is 11.6 Å². The zero-order chi connectivity index (χ0) is 29.1. The Labute approximate surface area is 242 Å². The number of piperazine rings is 1. The van der Waals surface area contributed by atoms with Gasteiger partial charge < -0.3 is 25.2 Å². The van der Waals surface area contributed by atoms with Crippen LogP contribution in [0.1, 0.15) is 5.56 Å². The molecular weight excluding hydrogens is 535 g/mol. The lowest BCUT2D eigenvalue weighted by atomic mass is 10.1. The molecule has 0 saturated carbocycles. The Kier molecular flexibility index (Phi) is 7.65. The average molecular weight is 567 g/mol. The standard InChI is InChI=1S/C31H31FN8O2/c1-38-13-15-39(16-14-38)25-11-12-26(28(18-25)42-2)35-31-36-29-19-33-27(20-40(29)37-31)22-5-9-24(10-6-22)34-30(41)17-21-3-7-23(32)8-4-21/h3-12,18-20H,13-17H2,1-2H3,(H,34,41)(H,35,37). The second-order valence-corrected chi connectivity index (χ2v) is 10.2. The summed E-state index contributed by atoms with van der Waals surface area (Å²) in [7, 11) is 3.80. The van der Waals surface area contributed by atoms with Crippen LogP contribution in [0.3, 0.4) is 0 Å². The topological polar surface area (TPSA) is 99.9 Å². The van der Waals surface area contributed by atoms with Crippen LogP contribution >= 0.6 is 0 Å². The van der Waals surface area contributed by atoms with Gasteiger partial charge >= 0.3 is 0 Å². The highest BCUT2D eigenvalue weighted by Gasteiger charge is 2.17. The van der Waals surface area contributed by atoms with Crippen molar-refractivity contribution in [1.29, 1.82) is 0 Å². The molecule has 0 aliphatic carbocycles. The molecule has 0 atom stereocenters. The Balaban J connectivity index is 1.12. The zero-order valence-corrected chi connectivity index (χ0v) is 23.4. The van der Waals surface area contributed by atoms with Gasteiger partial charge in [-0.1, -0.05) is 24.3 Å². The van der Waals surface area contributed by atoms with E-state index in [0.717, 1.165) is 48.7 Å². The zero-order valence-electron chi connectivity index (χ0n) is 23.4. The molecule has 0 radical (unpaired) electrons. The predicted octanol–water partition coefficient (Wildman–Crippen LogP) is 4.62. The summed E-state index contributed by atoms with van der Waals surface area (Å²) in [6.45, 7) is 4.02. The lowest BCUT2D eigenvalue weighted by Crippen LogP contribution is -2.44. The molecular formula is C31H31FN8O2. The van der Waals surface area contributed by atoms with Gasteiger partial charge in [-0.05, 0) is 49.0 Å². The quantitative estimate of drug-likeness (QED) is 0.281. The van der Waals surface area contributed by atoms with Gasteiger partial charge in [0.2, 0.25) is 11.9 Å². The van der Waals surface area contributed by atoms with Crippen LogP contribution < -0.4 is 20.3 Å².